The van der Waals surface area contributed by atoms with Gasteiger partial charge in [0.15, 0.2) is 0 Å². The van der Waals surface area contributed by atoms with Crippen LogP contribution in [-0.2, 0) is 0 Å². The molecule has 136 valence electrons. The molecule has 3 heteroatoms. The van der Waals surface area contributed by atoms with Crippen LogP contribution < -0.4 is 0 Å². The van der Waals surface area contributed by atoms with Gasteiger partial charge in [-0.15, -0.1) is 0 Å². The summed E-state index contributed by atoms with van der Waals surface area (Å²) < 4.78 is 0. The maximum atomic E-state index is 10.7. The second-order valence-electron chi connectivity index (χ2n) is 9.77. The van der Waals surface area contributed by atoms with Gasteiger partial charge in [-0.1, -0.05) is 25.5 Å². The summed E-state index contributed by atoms with van der Waals surface area (Å²) in [6, 6.07) is 0. The van der Waals surface area contributed by atoms with Crippen LogP contribution in [0.5, 0.6) is 0 Å². The molecule has 4 aliphatic carbocycles. The van der Waals surface area contributed by atoms with Crippen molar-refractivity contribution in [1.29, 1.82) is 0 Å². The summed E-state index contributed by atoms with van der Waals surface area (Å²) >= 11 is 0. The van der Waals surface area contributed by atoms with Crippen LogP contribution in [0.2, 0.25) is 0 Å². The number of aliphatic hydroxyl groups is 3. The predicted octanol–water partition coefficient (Wildman–Crippen LogP) is 3.28. The van der Waals surface area contributed by atoms with Crippen LogP contribution in [0.4, 0.5) is 0 Å². The van der Waals surface area contributed by atoms with E-state index in [0.29, 0.717) is 17.8 Å². The Morgan fingerprint density at radius 1 is 1.12 bits per heavy atom. The van der Waals surface area contributed by atoms with E-state index in [1.807, 2.05) is 6.92 Å². The molecule has 3 N–H and O–H groups in total. The van der Waals surface area contributed by atoms with Crippen LogP contribution in [-0.4, -0.2) is 33.6 Å². The van der Waals surface area contributed by atoms with Crippen LogP contribution in [0.15, 0.2) is 11.6 Å². The number of aliphatic hydroxyl groups excluding tert-OH is 3. The number of hydrogen-bond acceptors (Lipinski definition) is 3. The first-order valence-electron chi connectivity index (χ1n) is 10.0. The van der Waals surface area contributed by atoms with Gasteiger partial charge in [0.1, 0.15) is 0 Å². The average molecular weight is 335 g/mol. The number of rotatable bonds is 1. The highest BCUT2D eigenvalue weighted by atomic mass is 16.3. The normalized spacial score (nSPS) is 55.2. The second kappa shape index (κ2) is 5.56. The average Bonchev–Trinajstić information content (AvgIpc) is 2.78. The summed E-state index contributed by atoms with van der Waals surface area (Å²) in [4.78, 5) is 0. The summed E-state index contributed by atoms with van der Waals surface area (Å²) in [6.45, 7) is 6.62. The zero-order valence-electron chi connectivity index (χ0n) is 15.4. The van der Waals surface area contributed by atoms with E-state index in [2.05, 4.69) is 19.9 Å². The fraction of sp³-hybridized carbons (Fsp3) is 0.905. The monoisotopic (exact) mass is 334 g/mol. The van der Waals surface area contributed by atoms with Crippen LogP contribution in [0.3, 0.4) is 0 Å². The maximum Gasteiger partial charge on any atom is 0.0601 e. The van der Waals surface area contributed by atoms with Gasteiger partial charge in [0.25, 0.3) is 0 Å². The van der Waals surface area contributed by atoms with E-state index in [4.69, 9.17) is 0 Å². The smallest absolute Gasteiger partial charge is 0.0601 e. The lowest BCUT2D eigenvalue weighted by Crippen LogP contribution is -2.51. The van der Waals surface area contributed by atoms with Gasteiger partial charge in [-0.05, 0) is 80.5 Å². The van der Waals surface area contributed by atoms with Crippen molar-refractivity contribution in [3.05, 3.63) is 11.6 Å². The fourth-order valence-electron chi connectivity index (χ4n) is 7.57. The Labute approximate surface area is 146 Å². The first kappa shape index (κ1) is 17.1. The molecule has 0 aromatic carbocycles. The Balaban J connectivity index is 1.67. The molecule has 0 amide bonds. The first-order chi connectivity index (χ1) is 11.3. The van der Waals surface area contributed by atoms with Crippen molar-refractivity contribution < 1.29 is 15.3 Å². The van der Waals surface area contributed by atoms with Crippen molar-refractivity contribution in [2.45, 2.75) is 84.0 Å². The Morgan fingerprint density at radius 2 is 1.88 bits per heavy atom. The molecule has 0 radical (unpaired) electrons. The molecule has 0 aliphatic heterocycles. The second-order valence-corrected chi connectivity index (χ2v) is 9.77. The molecule has 4 rings (SSSR count). The number of allylic oxidation sites excluding steroid dienone is 1. The van der Waals surface area contributed by atoms with Crippen molar-refractivity contribution in [1.82, 2.24) is 0 Å². The van der Waals surface area contributed by atoms with E-state index < -0.39 is 6.10 Å². The van der Waals surface area contributed by atoms with E-state index in [1.54, 1.807) is 0 Å². The molecule has 9 atom stereocenters. The van der Waals surface area contributed by atoms with Crippen LogP contribution >= 0.6 is 0 Å². The standard InChI is InChI=1S/C21H34O3/c1-12(22)19-18(24)11-17-15-5-4-13-10-14(23)6-8-20(13,2)16(15)7-9-21(17,19)3/h4,12,14-19,22-24H,5-11H2,1-3H3. The number of hydrogen-bond donors (Lipinski definition) is 3. The lowest BCUT2D eigenvalue weighted by Gasteiger charge is -2.58. The Hall–Kier alpha value is -0.380. The van der Waals surface area contributed by atoms with Crippen molar-refractivity contribution in [2.75, 3.05) is 0 Å². The van der Waals surface area contributed by atoms with Gasteiger partial charge in [0.2, 0.25) is 0 Å². The third kappa shape index (κ3) is 2.20. The van der Waals surface area contributed by atoms with Crippen LogP contribution in [0, 0.1) is 34.5 Å². The highest BCUT2D eigenvalue weighted by molar-refractivity contribution is 5.25. The topological polar surface area (TPSA) is 60.7 Å². The molecule has 3 saturated carbocycles. The van der Waals surface area contributed by atoms with E-state index >= 15 is 0 Å². The zero-order valence-corrected chi connectivity index (χ0v) is 15.4. The lowest BCUT2D eigenvalue weighted by molar-refractivity contribution is -0.0761. The van der Waals surface area contributed by atoms with Crippen LogP contribution in [0.25, 0.3) is 0 Å². The van der Waals surface area contributed by atoms with Crippen molar-refractivity contribution >= 4 is 0 Å². The van der Waals surface area contributed by atoms with Crippen molar-refractivity contribution in [2.24, 2.45) is 34.5 Å². The molecule has 0 spiro atoms. The molecule has 0 bridgehead atoms. The van der Waals surface area contributed by atoms with Gasteiger partial charge in [-0.25, -0.2) is 0 Å². The molecule has 9 unspecified atom stereocenters. The minimum atomic E-state index is -0.429. The first-order valence-corrected chi connectivity index (χ1v) is 10.0. The van der Waals surface area contributed by atoms with Gasteiger partial charge in [0.05, 0.1) is 18.3 Å². The van der Waals surface area contributed by atoms with Crippen LogP contribution in [0.1, 0.15) is 65.7 Å². The summed E-state index contributed by atoms with van der Waals surface area (Å²) in [5.41, 5.74) is 1.82. The highest BCUT2D eigenvalue weighted by Crippen LogP contribution is 2.66. The largest absolute Gasteiger partial charge is 0.393 e. The Morgan fingerprint density at radius 3 is 2.58 bits per heavy atom. The minimum absolute atomic E-state index is 0.0230. The predicted molar refractivity (Wildman–Crippen MR) is 94.3 cm³/mol. The number of fused-ring (bicyclic) bond motifs is 5. The Kier molecular flexibility index (Phi) is 3.95. The molecule has 24 heavy (non-hydrogen) atoms. The summed E-state index contributed by atoms with van der Waals surface area (Å²) in [6.07, 6.45) is 8.67. The molecular formula is C21H34O3. The molecule has 0 aromatic heterocycles. The molecular weight excluding hydrogens is 300 g/mol. The molecule has 0 heterocycles. The Bertz CT molecular complexity index is 541. The molecule has 4 aliphatic rings. The van der Waals surface area contributed by atoms with Gasteiger partial charge < -0.3 is 15.3 Å². The lowest BCUT2D eigenvalue weighted by atomic mass is 9.47. The van der Waals surface area contributed by atoms with E-state index in [1.165, 1.54) is 12.0 Å². The van der Waals surface area contributed by atoms with Gasteiger partial charge in [-0.3, -0.25) is 0 Å². The van der Waals surface area contributed by atoms with Crippen molar-refractivity contribution in [3.63, 3.8) is 0 Å². The molecule has 3 fully saturated rings. The van der Waals surface area contributed by atoms with E-state index in [9.17, 15) is 15.3 Å². The summed E-state index contributed by atoms with van der Waals surface area (Å²) in [5, 5.41) is 31.0. The minimum Gasteiger partial charge on any atom is -0.393 e. The van der Waals surface area contributed by atoms with Crippen molar-refractivity contribution in [3.8, 4) is 0 Å². The van der Waals surface area contributed by atoms with Gasteiger partial charge in [-0.2, -0.15) is 0 Å². The zero-order chi connectivity index (χ0) is 17.3. The van der Waals surface area contributed by atoms with E-state index in [-0.39, 0.29) is 29.0 Å². The fourth-order valence-corrected chi connectivity index (χ4v) is 7.57. The third-order valence-electron chi connectivity index (χ3n) is 8.71. The molecule has 0 saturated heterocycles. The summed E-state index contributed by atoms with van der Waals surface area (Å²) in [7, 11) is 0. The van der Waals surface area contributed by atoms with Gasteiger partial charge >= 0.3 is 0 Å². The SMILES string of the molecule is CC(O)C1C(O)CC2C3CC=C4CC(O)CCC4(C)C3CCC21C. The summed E-state index contributed by atoms with van der Waals surface area (Å²) in [5.74, 6) is 1.86. The molecule has 0 aromatic rings. The highest BCUT2D eigenvalue weighted by Gasteiger charge is 2.61. The van der Waals surface area contributed by atoms with E-state index in [0.717, 1.165) is 38.5 Å². The maximum absolute atomic E-state index is 10.7. The van der Waals surface area contributed by atoms with Gasteiger partial charge in [0, 0.05) is 5.92 Å². The quantitative estimate of drug-likeness (QED) is 0.645. The molecule has 3 nitrogen and oxygen atoms in total. The third-order valence-corrected chi connectivity index (χ3v) is 8.71.